The monoisotopic (exact) mass is 180 g/mol. The highest BCUT2D eigenvalue weighted by atomic mass is 19.1. The van der Waals surface area contributed by atoms with Gasteiger partial charge in [0.25, 0.3) is 0 Å². The maximum absolute atomic E-state index is 13.3. The minimum atomic E-state index is -0.0796. The van der Waals surface area contributed by atoms with Crippen molar-refractivity contribution in [1.29, 1.82) is 0 Å². The van der Waals surface area contributed by atoms with E-state index in [1.54, 1.807) is 6.07 Å². The summed E-state index contributed by atoms with van der Waals surface area (Å²) in [5.74, 6) is -0.0796. The Labute approximate surface area is 79.8 Å². The molecule has 0 aliphatic heterocycles. The average molecular weight is 180 g/mol. The largest absolute Gasteiger partial charge is 0.207 e. The maximum atomic E-state index is 13.3. The van der Waals surface area contributed by atoms with Crippen LogP contribution < -0.4 is 0 Å². The molecular weight excluding hydrogens is 163 g/mol. The van der Waals surface area contributed by atoms with E-state index in [0.29, 0.717) is 0 Å². The van der Waals surface area contributed by atoms with Crippen molar-refractivity contribution in [3.63, 3.8) is 0 Å². The van der Waals surface area contributed by atoms with Crippen molar-refractivity contribution in [2.24, 2.45) is 5.41 Å². The molecule has 1 aromatic carbocycles. The van der Waals surface area contributed by atoms with Gasteiger partial charge < -0.3 is 0 Å². The van der Waals surface area contributed by atoms with Crippen molar-refractivity contribution >= 4 is 0 Å². The lowest BCUT2D eigenvalue weighted by atomic mass is 9.83. The zero-order valence-corrected chi connectivity index (χ0v) is 8.60. The van der Waals surface area contributed by atoms with Gasteiger partial charge in [-0.1, -0.05) is 45.4 Å². The fraction of sp³-hybridized carbons (Fsp3) is 0.500. The minimum absolute atomic E-state index is 0.0796. The van der Waals surface area contributed by atoms with Crippen LogP contribution in [0.15, 0.2) is 24.3 Å². The predicted molar refractivity (Wildman–Crippen MR) is 54.2 cm³/mol. The van der Waals surface area contributed by atoms with E-state index < -0.39 is 0 Å². The van der Waals surface area contributed by atoms with Gasteiger partial charge in [0.05, 0.1) is 0 Å². The van der Waals surface area contributed by atoms with Gasteiger partial charge in [0, 0.05) is 0 Å². The second kappa shape index (κ2) is 3.91. The molecule has 0 amide bonds. The molecule has 0 heterocycles. The molecule has 0 saturated heterocycles. The van der Waals surface area contributed by atoms with Crippen LogP contribution in [0, 0.1) is 11.2 Å². The lowest BCUT2D eigenvalue weighted by Crippen LogP contribution is -2.14. The average Bonchev–Trinajstić information content (AvgIpc) is 2.09. The Kier molecular flexibility index (Phi) is 3.07. The van der Waals surface area contributed by atoms with Gasteiger partial charge in [-0.2, -0.15) is 0 Å². The van der Waals surface area contributed by atoms with Crippen molar-refractivity contribution in [3.05, 3.63) is 35.6 Å². The highest BCUT2D eigenvalue weighted by Crippen LogP contribution is 2.26. The third kappa shape index (κ3) is 2.83. The van der Waals surface area contributed by atoms with Crippen molar-refractivity contribution in [1.82, 2.24) is 0 Å². The lowest BCUT2D eigenvalue weighted by molar-refractivity contribution is 0.343. The van der Waals surface area contributed by atoms with Crippen LogP contribution in [-0.4, -0.2) is 0 Å². The van der Waals surface area contributed by atoms with Crippen molar-refractivity contribution in [2.75, 3.05) is 0 Å². The maximum Gasteiger partial charge on any atom is 0.126 e. The Balaban J connectivity index is 2.80. The summed E-state index contributed by atoms with van der Waals surface area (Å²) in [7, 11) is 0. The van der Waals surface area contributed by atoms with E-state index in [1.165, 1.54) is 6.07 Å². The van der Waals surface area contributed by atoms with Gasteiger partial charge in [-0.15, -0.1) is 0 Å². The molecule has 0 fully saturated rings. The van der Waals surface area contributed by atoms with Gasteiger partial charge >= 0.3 is 0 Å². The van der Waals surface area contributed by atoms with Crippen LogP contribution in [-0.2, 0) is 6.42 Å². The molecule has 0 spiro atoms. The van der Waals surface area contributed by atoms with E-state index in [4.69, 9.17) is 0 Å². The summed E-state index contributed by atoms with van der Waals surface area (Å²) < 4.78 is 13.3. The van der Waals surface area contributed by atoms with Crippen molar-refractivity contribution in [3.8, 4) is 0 Å². The Morgan fingerprint density at radius 3 is 2.38 bits per heavy atom. The van der Waals surface area contributed by atoms with Crippen LogP contribution in [0.4, 0.5) is 4.39 Å². The van der Waals surface area contributed by atoms with Gasteiger partial charge in [-0.05, 0) is 23.5 Å². The van der Waals surface area contributed by atoms with Gasteiger partial charge in [-0.3, -0.25) is 0 Å². The molecule has 72 valence electrons. The first-order valence-electron chi connectivity index (χ1n) is 4.78. The van der Waals surface area contributed by atoms with E-state index in [9.17, 15) is 4.39 Å². The fourth-order valence-corrected chi connectivity index (χ4v) is 1.28. The van der Waals surface area contributed by atoms with Gasteiger partial charge in [-0.25, -0.2) is 4.39 Å². The molecule has 0 atom stereocenters. The topological polar surface area (TPSA) is 0 Å². The minimum Gasteiger partial charge on any atom is -0.207 e. The summed E-state index contributed by atoms with van der Waals surface area (Å²) in [4.78, 5) is 0. The fourth-order valence-electron chi connectivity index (χ4n) is 1.28. The first-order valence-corrected chi connectivity index (χ1v) is 4.78. The zero-order valence-electron chi connectivity index (χ0n) is 8.60. The van der Waals surface area contributed by atoms with E-state index in [0.717, 1.165) is 18.4 Å². The standard InChI is InChI=1S/C12H17F/c1-4-12(2,3)9-10-7-5-6-8-11(10)13/h5-8H,4,9H2,1-3H3. The number of halogens is 1. The second-order valence-corrected chi connectivity index (χ2v) is 4.29. The van der Waals surface area contributed by atoms with Crippen LogP contribution in [0.5, 0.6) is 0 Å². The summed E-state index contributed by atoms with van der Waals surface area (Å²) in [5, 5.41) is 0. The van der Waals surface area contributed by atoms with Gasteiger partial charge in [0.2, 0.25) is 0 Å². The van der Waals surface area contributed by atoms with E-state index in [2.05, 4.69) is 20.8 Å². The molecule has 0 aliphatic rings. The number of rotatable bonds is 3. The SMILES string of the molecule is CCC(C)(C)Cc1ccccc1F. The van der Waals surface area contributed by atoms with Crippen LogP contribution in [0.3, 0.4) is 0 Å². The van der Waals surface area contributed by atoms with Crippen LogP contribution in [0.1, 0.15) is 32.8 Å². The van der Waals surface area contributed by atoms with Gasteiger partial charge in [0.15, 0.2) is 0 Å². The second-order valence-electron chi connectivity index (χ2n) is 4.29. The van der Waals surface area contributed by atoms with E-state index in [-0.39, 0.29) is 11.2 Å². The molecule has 0 radical (unpaired) electrons. The molecular formula is C12H17F. The van der Waals surface area contributed by atoms with Crippen LogP contribution in [0.25, 0.3) is 0 Å². The van der Waals surface area contributed by atoms with Crippen molar-refractivity contribution in [2.45, 2.75) is 33.6 Å². The first kappa shape index (κ1) is 10.2. The molecule has 13 heavy (non-hydrogen) atoms. The molecule has 0 unspecified atom stereocenters. The number of hydrogen-bond donors (Lipinski definition) is 0. The molecule has 0 aliphatic carbocycles. The third-order valence-corrected chi connectivity index (χ3v) is 2.58. The summed E-state index contributed by atoms with van der Waals surface area (Å²) in [6, 6.07) is 7.02. The quantitative estimate of drug-likeness (QED) is 0.663. The van der Waals surface area contributed by atoms with E-state index >= 15 is 0 Å². The summed E-state index contributed by atoms with van der Waals surface area (Å²) >= 11 is 0. The Hall–Kier alpha value is -0.850. The zero-order chi connectivity index (χ0) is 9.90. The Morgan fingerprint density at radius 1 is 1.23 bits per heavy atom. The highest BCUT2D eigenvalue weighted by molar-refractivity contribution is 5.18. The number of benzene rings is 1. The van der Waals surface area contributed by atoms with E-state index in [1.807, 2.05) is 12.1 Å². The smallest absolute Gasteiger partial charge is 0.126 e. The van der Waals surface area contributed by atoms with Crippen LogP contribution >= 0.6 is 0 Å². The lowest BCUT2D eigenvalue weighted by Gasteiger charge is -2.22. The summed E-state index contributed by atoms with van der Waals surface area (Å²) in [6.07, 6.45) is 1.89. The van der Waals surface area contributed by atoms with Crippen LogP contribution in [0.2, 0.25) is 0 Å². The first-order chi connectivity index (χ1) is 6.05. The van der Waals surface area contributed by atoms with Crippen molar-refractivity contribution < 1.29 is 4.39 Å². The Morgan fingerprint density at radius 2 is 1.85 bits per heavy atom. The molecule has 1 aromatic rings. The van der Waals surface area contributed by atoms with Gasteiger partial charge in [0.1, 0.15) is 5.82 Å². The summed E-state index contributed by atoms with van der Waals surface area (Å²) in [5.41, 5.74) is 1.02. The number of hydrogen-bond acceptors (Lipinski definition) is 0. The molecule has 0 bridgehead atoms. The molecule has 0 saturated carbocycles. The predicted octanol–water partition coefficient (Wildman–Crippen LogP) is 3.80. The molecule has 0 aromatic heterocycles. The third-order valence-electron chi connectivity index (χ3n) is 2.58. The summed E-state index contributed by atoms with van der Waals surface area (Å²) in [6.45, 7) is 6.47. The highest BCUT2D eigenvalue weighted by Gasteiger charge is 2.17. The molecule has 1 rings (SSSR count). The molecule has 1 heteroatoms. The molecule has 0 N–H and O–H groups in total. The molecule has 0 nitrogen and oxygen atoms in total. The Bertz CT molecular complexity index is 276. The normalized spacial score (nSPS) is 11.7.